The predicted octanol–water partition coefficient (Wildman–Crippen LogP) is 4.48. The molecule has 3 atom stereocenters. The van der Waals surface area contributed by atoms with Crippen molar-refractivity contribution in [3.05, 3.63) is 93.7 Å². The molecule has 2 saturated heterocycles. The van der Waals surface area contributed by atoms with E-state index in [1.54, 1.807) is 0 Å². The highest BCUT2D eigenvalue weighted by Crippen LogP contribution is 2.36. The maximum atomic E-state index is 13.8. The third-order valence-electron chi connectivity index (χ3n) is 7.11. The fourth-order valence-electron chi connectivity index (χ4n) is 5.33. The summed E-state index contributed by atoms with van der Waals surface area (Å²) in [7, 11) is 1.90. The van der Waals surface area contributed by atoms with Gasteiger partial charge in [-0.1, -0.05) is 60.7 Å². The average molecular weight is 474 g/mol. The molecule has 1 unspecified atom stereocenters. The second-order valence-corrected chi connectivity index (χ2v) is 10.5. The first-order chi connectivity index (χ1) is 16.6. The van der Waals surface area contributed by atoms with Crippen LogP contribution < -0.4 is 5.32 Å². The summed E-state index contributed by atoms with van der Waals surface area (Å²) in [6.45, 7) is 2.79. The van der Waals surface area contributed by atoms with E-state index in [0.29, 0.717) is 23.8 Å². The number of hydrogen-bond donors (Lipinski definition) is 1. The van der Waals surface area contributed by atoms with Crippen molar-refractivity contribution < 1.29 is 9.59 Å². The first-order valence-electron chi connectivity index (χ1n) is 12.1. The molecular weight excluding hydrogens is 442 g/mol. The Balaban J connectivity index is 1.37. The summed E-state index contributed by atoms with van der Waals surface area (Å²) in [5.41, 5.74) is 2.48. The second kappa shape index (κ2) is 10.1. The molecule has 1 aromatic heterocycles. The normalized spacial score (nSPS) is 22.3. The quantitative estimate of drug-likeness (QED) is 0.574. The number of amides is 2. The molecule has 0 spiro atoms. The molecule has 2 amide bonds. The maximum Gasteiger partial charge on any atom is 0.264 e. The van der Waals surface area contributed by atoms with Gasteiger partial charge in [0.2, 0.25) is 5.91 Å². The first-order valence-corrected chi connectivity index (χ1v) is 12.9. The van der Waals surface area contributed by atoms with Crippen LogP contribution in [0.1, 0.15) is 50.4 Å². The van der Waals surface area contributed by atoms with Crippen LogP contribution in [0, 0.1) is 0 Å². The second-order valence-electron chi connectivity index (χ2n) is 9.29. The number of carbonyl (C=O) groups is 2. The van der Waals surface area contributed by atoms with Gasteiger partial charge in [-0.25, -0.2) is 0 Å². The predicted molar refractivity (Wildman–Crippen MR) is 136 cm³/mol. The van der Waals surface area contributed by atoms with Crippen LogP contribution >= 0.6 is 11.3 Å². The molecule has 2 aliphatic rings. The van der Waals surface area contributed by atoms with Gasteiger partial charge in [0, 0.05) is 42.9 Å². The van der Waals surface area contributed by atoms with Crippen molar-refractivity contribution in [2.24, 2.45) is 0 Å². The number of thiophene rings is 1. The summed E-state index contributed by atoms with van der Waals surface area (Å²) in [4.78, 5) is 33.0. The van der Waals surface area contributed by atoms with Gasteiger partial charge in [0.05, 0.1) is 4.88 Å². The monoisotopic (exact) mass is 473 g/mol. The molecule has 2 aliphatic heterocycles. The van der Waals surface area contributed by atoms with Crippen LogP contribution in [0.25, 0.3) is 0 Å². The molecule has 176 valence electrons. The first kappa shape index (κ1) is 22.8. The van der Waals surface area contributed by atoms with E-state index < -0.39 is 6.04 Å². The number of benzene rings is 2. The van der Waals surface area contributed by atoms with Crippen LogP contribution in [0.4, 0.5) is 0 Å². The Morgan fingerprint density at radius 1 is 0.912 bits per heavy atom. The Morgan fingerprint density at radius 2 is 1.59 bits per heavy atom. The molecule has 0 bridgehead atoms. The van der Waals surface area contributed by atoms with E-state index in [1.165, 1.54) is 22.5 Å². The third-order valence-corrected chi connectivity index (χ3v) is 8.19. The number of carbonyl (C=O) groups excluding carboxylic acids is 2. The van der Waals surface area contributed by atoms with Gasteiger partial charge in [0.1, 0.15) is 6.04 Å². The molecule has 1 N–H and O–H groups in total. The largest absolute Gasteiger partial charge is 0.340 e. The molecule has 2 aromatic carbocycles. The topological polar surface area (TPSA) is 52.7 Å². The average Bonchev–Trinajstić information content (AvgIpc) is 3.64. The molecule has 0 radical (unpaired) electrons. The van der Waals surface area contributed by atoms with Gasteiger partial charge in [-0.15, -0.1) is 11.3 Å². The van der Waals surface area contributed by atoms with E-state index in [1.807, 2.05) is 53.2 Å². The summed E-state index contributed by atoms with van der Waals surface area (Å²) in [5, 5.41) is 3.14. The molecule has 0 aliphatic carbocycles. The molecule has 5 rings (SSSR count). The van der Waals surface area contributed by atoms with Crippen LogP contribution in [-0.2, 0) is 11.3 Å². The van der Waals surface area contributed by atoms with Crippen LogP contribution in [0.5, 0.6) is 0 Å². The smallest absolute Gasteiger partial charge is 0.264 e. The van der Waals surface area contributed by atoms with Crippen molar-refractivity contribution in [3.8, 4) is 0 Å². The Hall–Kier alpha value is -2.96. The minimum atomic E-state index is -0.415. The lowest BCUT2D eigenvalue weighted by atomic mass is 9.96. The van der Waals surface area contributed by atoms with Crippen molar-refractivity contribution in [2.45, 2.75) is 37.3 Å². The van der Waals surface area contributed by atoms with Gasteiger partial charge >= 0.3 is 0 Å². The zero-order valence-electron chi connectivity index (χ0n) is 19.5. The van der Waals surface area contributed by atoms with Gasteiger partial charge in [-0.3, -0.25) is 9.59 Å². The van der Waals surface area contributed by atoms with E-state index >= 15 is 0 Å². The number of nitrogens with one attached hydrogen (secondary N) is 1. The van der Waals surface area contributed by atoms with Crippen molar-refractivity contribution >= 4 is 23.2 Å². The number of likely N-dealkylation sites (tertiary alicyclic amines) is 2. The van der Waals surface area contributed by atoms with E-state index in [0.717, 1.165) is 30.9 Å². The SMILES string of the molecule is CNCc1ccc(C(=O)N2C[C@@H](c3ccccc3)C[C@H]2C(=O)N2CCC(c3ccccc3)C2)s1. The summed E-state index contributed by atoms with van der Waals surface area (Å²) in [6.07, 6.45) is 1.65. The minimum absolute atomic E-state index is 0.0251. The molecule has 34 heavy (non-hydrogen) atoms. The van der Waals surface area contributed by atoms with Gasteiger partial charge in [-0.2, -0.15) is 0 Å². The van der Waals surface area contributed by atoms with Crippen LogP contribution in [0.15, 0.2) is 72.8 Å². The van der Waals surface area contributed by atoms with Gasteiger partial charge in [0.25, 0.3) is 5.91 Å². The Morgan fingerprint density at radius 3 is 2.26 bits per heavy atom. The zero-order chi connectivity index (χ0) is 23.5. The molecule has 3 aromatic rings. The van der Waals surface area contributed by atoms with Crippen LogP contribution in [0.3, 0.4) is 0 Å². The molecular formula is C28H31N3O2S. The lowest BCUT2D eigenvalue weighted by Crippen LogP contribution is -2.47. The minimum Gasteiger partial charge on any atom is -0.340 e. The van der Waals surface area contributed by atoms with Gasteiger partial charge in [-0.05, 0) is 43.1 Å². The van der Waals surface area contributed by atoms with E-state index in [-0.39, 0.29) is 17.7 Å². The van der Waals surface area contributed by atoms with Gasteiger partial charge in [0.15, 0.2) is 0 Å². The Kier molecular flexibility index (Phi) is 6.79. The molecule has 6 heteroatoms. The van der Waals surface area contributed by atoms with Gasteiger partial charge < -0.3 is 15.1 Å². The number of hydrogen-bond acceptors (Lipinski definition) is 4. The lowest BCUT2D eigenvalue weighted by molar-refractivity contribution is -0.134. The number of rotatable bonds is 6. The van der Waals surface area contributed by atoms with E-state index in [2.05, 4.69) is 41.7 Å². The van der Waals surface area contributed by atoms with Crippen molar-refractivity contribution in [3.63, 3.8) is 0 Å². The summed E-state index contributed by atoms with van der Waals surface area (Å²) in [6, 6.07) is 24.2. The molecule has 2 fully saturated rings. The standard InChI is InChI=1S/C28H31N3O2S/c1-29-17-24-12-13-26(34-24)28(33)31-19-23(21-10-6-3-7-11-21)16-25(31)27(32)30-15-14-22(18-30)20-8-4-2-5-9-20/h2-13,22-23,25,29H,14-19H2,1H3/t22?,23-,25-/m0/s1. The highest BCUT2D eigenvalue weighted by molar-refractivity contribution is 7.14. The summed E-state index contributed by atoms with van der Waals surface area (Å²) < 4.78 is 0. The van der Waals surface area contributed by atoms with Crippen LogP contribution in [0.2, 0.25) is 0 Å². The lowest BCUT2D eigenvalue weighted by Gasteiger charge is -2.27. The van der Waals surface area contributed by atoms with Crippen molar-refractivity contribution in [2.75, 3.05) is 26.7 Å². The Labute approximate surface area is 205 Å². The number of nitrogens with zero attached hydrogens (tertiary/aromatic N) is 2. The Bertz CT molecular complexity index is 1130. The molecule has 0 saturated carbocycles. The maximum absolute atomic E-state index is 13.8. The highest BCUT2D eigenvalue weighted by atomic mass is 32.1. The molecule has 5 nitrogen and oxygen atoms in total. The van der Waals surface area contributed by atoms with E-state index in [9.17, 15) is 9.59 Å². The zero-order valence-corrected chi connectivity index (χ0v) is 20.3. The summed E-state index contributed by atoms with van der Waals surface area (Å²) >= 11 is 1.51. The fourth-order valence-corrected chi connectivity index (χ4v) is 6.31. The van der Waals surface area contributed by atoms with Crippen LogP contribution in [-0.4, -0.2) is 54.3 Å². The molecule has 3 heterocycles. The van der Waals surface area contributed by atoms with Crippen molar-refractivity contribution in [1.29, 1.82) is 0 Å². The summed E-state index contributed by atoms with van der Waals surface area (Å²) in [5.74, 6) is 0.602. The van der Waals surface area contributed by atoms with E-state index in [4.69, 9.17) is 0 Å². The fraction of sp³-hybridized carbons (Fsp3) is 0.357. The van der Waals surface area contributed by atoms with Crippen molar-refractivity contribution in [1.82, 2.24) is 15.1 Å². The third kappa shape index (κ3) is 4.65. The highest BCUT2D eigenvalue weighted by Gasteiger charge is 2.43.